The first kappa shape index (κ1) is 11.0. The zero-order valence-electron chi connectivity index (χ0n) is 8.52. The summed E-state index contributed by atoms with van der Waals surface area (Å²) in [6.07, 6.45) is 1.08. The van der Waals surface area contributed by atoms with Gasteiger partial charge in [-0.15, -0.1) is 0 Å². The fourth-order valence-corrected chi connectivity index (χ4v) is 0.958. The number of nitrogen functional groups attached to an aromatic ring is 1. The van der Waals surface area contributed by atoms with Crippen LogP contribution in [-0.2, 0) is 6.42 Å². The second-order valence-electron chi connectivity index (χ2n) is 2.54. The fourth-order valence-electron chi connectivity index (χ4n) is 0.958. The van der Waals surface area contributed by atoms with Gasteiger partial charge in [0.05, 0.1) is 0 Å². The molecule has 0 heterocycles. The Kier molecular flexibility index (Phi) is 5.18. The maximum absolute atomic E-state index is 5.64. The van der Waals surface area contributed by atoms with Gasteiger partial charge < -0.3 is 5.73 Å². The van der Waals surface area contributed by atoms with E-state index in [0.29, 0.717) is 0 Å². The van der Waals surface area contributed by atoms with Crippen LogP contribution in [-0.4, -0.2) is 0 Å². The average molecular weight is 165 g/mol. The lowest BCUT2D eigenvalue weighted by atomic mass is 10.1. The molecule has 1 aromatic carbocycles. The third-order valence-electron chi connectivity index (χ3n) is 1.74. The number of anilines is 1. The van der Waals surface area contributed by atoms with Crippen LogP contribution >= 0.6 is 0 Å². The monoisotopic (exact) mass is 165 g/mol. The van der Waals surface area contributed by atoms with E-state index in [2.05, 4.69) is 19.1 Å². The van der Waals surface area contributed by atoms with E-state index in [0.717, 1.165) is 12.1 Å². The molecule has 1 aromatic rings. The molecule has 0 spiro atoms. The summed E-state index contributed by atoms with van der Waals surface area (Å²) in [6, 6.07) is 6.17. The van der Waals surface area contributed by atoms with Crippen LogP contribution in [0.4, 0.5) is 5.69 Å². The minimum atomic E-state index is 0.886. The van der Waals surface area contributed by atoms with Crippen molar-refractivity contribution in [2.75, 3.05) is 5.73 Å². The molecule has 0 aliphatic heterocycles. The normalized spacial score (nSPS) is 8.67. The Labute approximate surface area is 75.6 Å². The Balaban J connectivity index is 0.000000561. The van der Waals surface area contributed by atoms with Crippen molar-refractivity contribution >= 4 is 5.69 Å². The molecule has 0 saturated carbocycles. The molecule has 2 N–H and O–H groups in total. The van der Waals surface area contributed by atoms with Gasteiger partial charge in [0, 0.05) is 5.69 Å². The molecule has 0 atom stereocenters. The molecule has 1 nitrogen and oxygen atoms in total. The van der Waals surface area contributed by atoms with Crippen LogP contribution in [0.25, 0.3) is 0 Å². The molecule has 12 heavy (non-hydrogen) atoms. The summed E-state index contributed by atoms with van der Waals surface area (Å²) in [5, 5.41) is 0. The van der Waals surface area contributed by atoms with Crippen LogP contribution in [0.3, 0.4) is 0 Å². The second kappa shape index (κ2) is 5.64. The molecule has 0 aromatic heterocycles. The van der Waals surface area contributed by atoms with Crippen molar-refractivity contribution < 1.29 is 0 Å². The van der Waals surface area contributed by atoms with Gasteiger partial charge in [0.1, 0.15) is 0 Å². The number of hydrogen-bond donors (Lipinski definition) is 1. The van der Waals surface area contributed by atoms with Gasteiger partial charge in [-0.05, 0) is 30.5 Å². The van der Waals surface area contributed by atoms with E-state index in [9.17, 15) is 0 Å². The quantitative estimate of drug-likeness (QED) is 0.635. The SMILES string of the molecule is CC.CCc1ccc(N)c(C)c1. The highest BCUT2D eigenvalue weighted by molar-refractivity contribution is 5.47. The number of nitrogens with two attached hydrogens (primary N) is 1. The van der Waals surface area contributed by atoms with E-state index in [1.807, 2.05) is 26.8 Å². The van der Waals surface area contributed by atoms with Gasteiger partial charge in [-0.3, -0.25) is 0 Å². The Morgan fingerprint density at radius 3 is 2.25 bits per heavy atom. The summed E-state index contributed by atoms with van der Waals surface area (Å²) in [6.45, 7) is 8.18. The van der Waals surface area contributed by atoms with Crippen molar-refractivity contribution in [1.29, 1.82) is 0 Å². The topological polar surface area (TPSA) is 26.0 Å². The molecule has 68 valence electrons. The minimum Gasteiger partial charge on any atom is -0.399 e. The van der Waals surface area contributed by atoms with E-state index < -0.39 is 0 Å². The van der Waals surface area contributed by atoms with E-state index in [4.69, 9.17) is 5.73 Å². The van der Waals surface area contributed by atoms with Crippen LogP contribution in [0, 0.1) is 6.92 Å². The van der Waals surface area contributed by atoms with E-state index in [1.54, 1.807) is 0 Å². The molecule has 1 rings (SSSR count). The van der Waals surface area contributed by atoms with Crippen molar-refractivity contribution in [3.63, 3.8) is 0 Å². The molecule has 0 amide bonds. The van der Waals surface area contributed by atoms with E-state index >= 15 is 0 Å². The molecule has 0 saturated heterocycles. The molecule has 0 fully saturated rings. The zero-order valence-corrected chi connectivity index (χ0v) is 8.52. The predicted molar refractivity (Wildman–Crippen MR) is 56.3 cm³/mol. The van der Waals surface area contributed by atoms with Gasteiger partial charge >= 0.3 is 0 Å². The summed E-state index contributed by atoms with van der Waals surface area (Å²) in [5.74, 6) is 0. The van der Waals surface area contributed by atoms with Crippen molar-refractivity contribution in [1.82, 2.24) is 0 Å². The lowest BCUT2D eigenvalue weighted by molar-refractivity contribution is 1.13. The van der Waals surface area contributed by atoms with Crippen molar-refractivity contribution in [2.45, 2.75) is 34.1 Å². The first-order chi connectivity index (χ1) is 5.74. The summed E-state index contributed by atoms with van der Waals surface area (Å²) >= 11 is 0. The largest absolute Gasteiger partial charge is 0.399 e. The minimum absolute atomic E-state index is 0.886. The lowest BCUT2D eigenvalue weighted by Crippen LogP contribution is -1.90. The first-order valence-electron chi connectivity index (χ1n) is 4.59. The van der Waals surface area contributed by atoms with Crippen LogP contribution < -0.4 is 5.73 Å². The Morgan fingerprint density at radius 1 is 1.25 bits per heavy atom. The first-order valence-corrected chi connectivity index (χ1v) is 4.59. The summed E-state index contributed by atoms with van der Waals surface area (Å²) in [5.41, 5.74) is 9.06. The molecular formula is C11H19N. The van der Waals surface area contributed by atoms with Gasteiger partial charge in [-0.2, -0.15) is 0 Å². The number of aryl methyl sites for hydroxylation is 2. The highest BCUT2D eigenvalue weighted by Gasteiger charge is 1.92. The van der Waals surface area contributed by atoms with Gasteiger partial charge in [-0.25, -0.2) is 0 Å². The summed E-state index contributed by atoms with van der Waals surface area (Å²) in [4.78, 5) is 0. The predicted octanol–water partition coefficient (Wildman–Crippen LogP) is 3.17. The van der Waals surface area contributed by atoms with Crippen molar-refractivity contribution in [3.05, 3.63) is 29.3 Å². The Bertz CT molecular complexity index is 228. The maximum atomic E-state index is 5.64. The molecular weight excluding hydrogens is 146 g/mol. The lowest BCUT2D eigenvalue weighted by Gasteiger charge is -2.01. The molecule has 0 aliphatic carbocycles. The van der Waals surface area contributed by atoms with Crippen LogP contribution in [0.15, 0.2) is 18.2 Å². The fraction of sp³-hybridized carbons (Fsp3) is 0.455. The van der Waals surface area contributed by atoms with Gasteiger partial charge in [0.25, 0.3) is 0 Å². The molecule has 0 unspecified atom stereocenters. The number of benzene rings is 1. The third-order valence-corrected chi connectivity index (χ3v) is 1.74. The number of rotatable bonds is 1. The van der Waals surface area contributed by atoms with Gasteiger partial charge in [0.15, 0.2) is 0 Å². The van der Waals surface area contributed by atoms with Crippen molar-refractivity contribution in [2.24, 2.45) is 0 Å². The van der Waals surface area contributed by atoms with Crippen molar-refractivity contribution in [3.8, 4) is 0 Å². The van der Waals surface area contributed by atoms with E-state index in [1.165, 1.54) is 11.1 Å². The Morgan fingerprint density at radius 2 is 1.83 bits per heavy atom. The third kappa shape index (κ3) is 2.95. The smallest absolute Gasteiger partial charge is 0.0343 e. The zero-order chi connectivity index (χ0) is 9.56. The van der Waals surface area contributed by atoms with Crippen LogP contribution in [0.2, 0.25) is 0 Å². The molecule has 1 heteroatoms. The second-order valence-corrected chi connectivity index (χ2v) is 2.54. The van der Waals surface area contributed by atoms with Gasteiger partial charge in [0.2, 0.25) is 0 Å². The number of hydrogen-bond acceptors (Lipinski definition) is 1. The highest BCUT2D eigenvalue weighted by Crippen LogP contribution is 2.12. The van der Waals surface area contributed by atoms with Gasteiger partial charge in [-0.1, -0.05) is 32.9 Å². The molecule has 0 bridgehead atoms. The Hall–Kier alpha value is -0.980. The van der Waals surface area contributed by atoms with Crippen LogP contribution in [0.5, 0.6) is 0 Å². The summed E-state index contributed by atoms with van der Waals surface area (Å²) in [7, 11) is 0. The highest BCUT2D eigenvalue weighted by atomic mass is 14.5. The van der Waals surface area contributed by atoms with E-state index in [-0.39, 0.29) is 0 Å². The summed E-state index contributed by atoms with van der Waals surface area (Å²) < 4.78 is 0. The molecule has 0 radical (unpaired) electrons. The van der Waals surface area contributed by atoms with Crippen LogP contribution in [0.1, 0.15) is 31.9 Å². The average Bonchev–Trinajstić information content (AvgIpc) is 2.13. The molecule has 0 aliphatic rings. The standard InChI is InChI=1S/C9H13N.C2H6/c1-3-8-4-5-9(10)7(2)6-8;1-2/h4-6H,3,10H2,1-2H3;1-2H3. The maximum Gasteiger partial charge on any atom is 0.0343 e.